The second-order valence-electron chi connectivity index (χ2n) is 5.19. The Hall–Kier alpha value is -2.56. The quantitative estimate of drug-likeness (QED) is 0.277. The first-order valence-electron chi connectivity index (χ1n) is 7.90. The molecule has 0 spiro atoms. The van der Waals surface area contributed by atoms with Crippen LogP contribution in [0.4, 0.5) is 0 Å². The minimum absolute atomic E-state index is 0.604. The van der Waals surface area contributed by atoms with Crippen LogP contribution in [0.5, 0.6) is 11.5 Å². The van der Waals surface area contributed by atoms with E-state index in [1.54, 1.807) is 37.4 Å². The predicted octanol–water partition coefficient (Wildman–Crippen LogP) is 4.42. The Morgan fingerprint density at radius 1 is 1.04 bits per heavy atom. The van der Waals surface area contributed by atoms with E-state index in [1.807, 2.05) is 48.5 Å². The molecule has 0 fully saturated rings. The van der Waals surface area contributed by atoms with E-state index in [0.29, 0.717) is 12.3 Å². The average Bonchev–Trinajstić information content (AvgIpc) is 2.68. The highest BCUT2D eigenvalue weighted by atomic mass is 32.4. The van der Waals surface area contributed by atoms with Crippen molar-refractivity contribution in [1.29, 1.82) is 0 Å². The van der Waals surface area contributed by atoms with Gasteiger partial charge >= 0.3 is 7.07 Å². The number of hydrazone groups is 1. The first kappa shape index (κ1) is 19.8. The Morgan fingerprint density at radius 2 is 1.62 bits per heavy atom. The van der Waals surface area contributed by atoms with Gasteiger partial charge in [-0.15, -0.1) is 11.7 Å². The van der Waals surface area contributed by atoms with Gasteiger partial charge in [-0.2, -0.15) is 0 Å². The zero-order valence-electron chi connectivity index (χ0n) is 14.8. The van der Waals surface area contributed by atoms with Crippen molar-refractivity contribution < 1.29 is 9.26 Å². The van der Waals surface area contributed by atoms with Gasteiger partial charge in [0.15, 0.2) is 5.75 Å². The molecule has 0 aliphatic rings. The summed E-state index contributed by atoms with van der Waals surface area (Å²) >= 11 is 5.41. The molecule has 5 nitrogen and oxygen atoms in total. The van der Waals surface area contributed by atoms with Gasteiger partial charge in [0, 0.05) is 6.21 Å². The summed E-state index contributed by atoms with van der Waals surface area (Å²) in [6.07, 6.45) is 5.29. The number of benzene rings is 2. The second kappa shape index (κ2) is 10.4. The third-order valence-corrected chi connectivity index (χ3v) is 5.14. The molecule has 0 heterocycles. The summed E-state index contributed by atoms with van der Waals surface area (Å²) in [7, 11) is 2.14. The first-order valence-corrected chi connectivity index (χ1v) is 10.1. The normalized spacial score (nSPS) is 11.5. The Labute approximate surface area is 160 Å². The molecule has 0 aromatic heterocycles. The van der Waals surface area contributed by atoms with Crippen molar-refractivity contribution in [2.24, 2.45) is 10.1 Å². The van der Waals surface area contributed by atoms with Crippen molar-refractivity contribution in [2.45, 2.75) is 0 Å². The van der Waals surface area contributed by atoms with Crippen LogP contribution < -0.4 is 9.26 Å². The molecular formula is C19H21N3O2PS+. The highest BCUT2D eigenvalue weighted by Gasteiger charge is 2.20. The van der Waals surface area contributed by atoms with Gasteiger partial charge in [-0.3, -0.25) is 9.52 Å². The maximum atomic E-state index is 5.79. The molecule has 0 bridgehead atoms. The molecule has 2 rings (SSSR count). The zero-order valence-corrected chi connectivity index (χ0v) is 16.5. The smallest absolute Gasteiger partial charge is 0.497 e. The number of hydrogen-bond donors (Lipinski definition) is 0. The van der Waals surface area contributed by atoms with E-state index in [4.69, 9.17) is 21.1 Å². The van der Waals surface area contributed by atoms with Crippen molar-refractivity contribution in [3.63, 3.8) is 0 Å². The Bertz CT molecular complexity index is 789. The molecule has 1 atom stereocenters. The molecule has 134 valence electrons. The lowest BCUT2D eigenvalue weighted by molar-refractivity contribution is 0.415. The summed E-state index contributed by atoms with van der Waals surface area (Å²) < 4.78 is 12.6. The third-order valence-electron chi connectivity index (χ3n) is 3.26. The summed E-state index contributed by atoms with van der Waals surface area (Å²) in [5.74, 6) is 1.51. The minimum Gasteiger partial charge on any atom is -0.497 e. The van der Waals surface area contributed by atoms with Crippen LogP contribution in [-0.4, -0.2) is 37.9 Å². The Kier molecular flexibility index (Phi) is 7.93. The fourth-order valence-corrected chi connectivity index (χ4v) is 2.82. The van der Waals surface area contributed by atoms with Crippen LogP contribution in [0.15, 0.2) is 71.3 Å². The molecule has 2 aromatic rings. The maximum absolute atomic E-state index is 5.79. The van der Waals surface area contributed by atoms with Crippen LogP contribution in [-0.2, 0) is 11.8 Å². The molecule has 7 heteroatoms. The van der Waals surface area contributed by atoms with Crippen LogP contribution in [0.2, 0.25) is 0 Å². The molecular weight excluding hydrogens is 365 g/mol. The van der Waals surface area contributed by atoms with E-state index >= 15 is 0 Å². The van der Waals surface area contributed by atoms with Gasteiger partial charge in [0.2, 0.25) is 11.8 Å². The zero-order chi connectivity index (χ0) is 18.8. The highest BCUT2D eigenvalue weighted by Crippen LogP contribution is 2.30. The SMILES string of the molecule is C=CCN=Cc1ccc(O[P+](=S)N(C)/N=C\c2ccc(OC)cc2)cc1. The van der Waals surface area contributed by atoms with Gasteiger partial charge in [0.05, 0.1) is 26.9 Å². The number of ether oxygens (including phenoxy) is 1. The van der Waals surface area contributed by atoms with E-state index in [1.165, 1.54) is 0 Å². The molecule has 2 aromatic carbocycles. The van der Waals surface area contributed by atoms with Crippen molar-refractivity contribution in [1.82, 2.24) is 4.78 Å². The van der Waals surface area contributed by atoms with Crippen molar-refractivity contribution in [3.8, 4) is 11.5 Å². The van der Waals surface area contributed by atoms with Crippen LogP contribution >= 0.6 is 7.07 Å². The van der Waals surface area contributed by atoms with Gasteiger partial charge in [0.1, 0.15) is 5.75 Å². The molecule has 26 heavy (non-hydrogen) atoms. The van der Waals surface area contributed by atoms with E-state index in [-0.39, 0.29) is 0 Å². The number of aliphatic imine (C=N–C) groups is 1. The summed E-state index contributed by atoms with van der Waals surface area (Å²) in [4.78, 5) is 4.21. The predicted molar refractivity (Wildman–Crippen MR) is 112 cm³/mol. The lowest BCUT2D eigenvalue weighted by Crippen LogP contribution is -2.03. The molecule has 0 aliphatic heterocycles. The van der Waals surface area contributed by atoms with Crippen molar-refractivity contribution in [2.75, 3.05) is 20.7 Å². The number of methoxy groups -OCH3 is 1. The van der Waals surface area contributed by atoms with Gasteiger partial charge in [0.25, 0.3) is 0 Å². The fraction of sp³-hybridized carbons (Fsp3) is 0.158. The van der Waals surface area contributed by atoms with Crippen LogP contribution in [0, 0.1) is 0 Å². The number of hydrogen-bond acceptors (Lipinski definition) is 5. The van der Waals surface area contributed by atoms with Gasteiger partial charge in [-0.25, -0.2) is 0 Å². The molecule has 0 saturated carbocycles. The average molecular weight is 386 g/mol. The van der Waals surface area contributed by atoms with Gasteiger partial charge in [-0.1, -0.05) is 10.9 Å². The maximum Gasteiger partial charge on any atom is 0.540 e. The minimum atomic E-state index is -1.30. The lowest BCUT2D eigenvalue weighted by Gasteiger charge is -2.03. The standard InChI is InChI=1S/C19H21N3O2PS/c1-4-13-20-14-16-7-11-19(12-8-16)24-25(26)22(2)21-15-17-5-9-18(23-3)10-6-17/h4-12,14-15H,1,13H2,2-3H3/q+1/b20-14?,21-15-. The van der Waals surface area contributed by atoms with E-state index < -0.39 is 7.07 Å². The van der Waals surface area contributed by atoms with E-state index in [9.17, 15) is 0 Å². The number of nitrogens with zero attached hydrogens (tertiary/aromatic N) is 3. The van der Waals surface area contributed by atoms with Crippen molar-refractivity contribution in [3.05, 3.63) is 72.3 Å². The summed E-state index contributed by atoms with van der Waals surface area (Å²) in [5.41, 5.74) is 1.96. The first-order chi connectivity index (χ1) is 12.6. The van der Waals surface area contributed by atoms with Gasteiger partial charge < -0.3 is 4.74 Å². The largest absolute Gasteiger partial charge is 0.540 e. The van der Waals surface area contributed by atoms with Crippen molar-refractivity contribution >= 4 is 31.3 Å². The molecule has 0 N–H and O–H groups in total. The lowest BCUT2D eigenvalue weighted by atomic mass is 10.2. The second-order valence-corrected chi connectivity index (χ2v) is 7.36. The van der Waals surface area contributed by atoms with Crippen LogP contribution in [0.25, 0.3) is 0 Å². The molecule has 1 unspecified atom stereocenters. The van der Waals surface area contributed by atoms with Crippen LogP contribution in [0.1, 0.15) is 11.1 Å². The Balaban J connectivity index is 1.91. The monoisotopic (exact) mass is 386 g/mol. The van der Waals surface area contributed by atoms with E-state index in [2.05, 4.69) is 16.7 Å². The van der Waals surface area contributed by atoms with Crippen LogP contribution in [0.3, 0.4) is 0 Å². The number of rotatable bonds is 9. The van der Waals surface area contributed by atoms with E-state index in [0.717, 1.165) is 16.9 Å². The molecule has 0 amide bonds. The third kappa shape index (κ3) is 6.39. The summed E-state index contributed by atoms with van der Waals surface area (Å²) in [6.45, 7) is 4.24. The highest BCUT2D eigenvalue weighted by molar-refractivity contribution is 8.02. The molecule has 0 radical (unpaired) electrons. The molecule has 0 aliphatic carbocycles. The van der Waals surface area contributed by atoms with Gasteiger partial charge in [-0.05, 0) is 59.7 Å². The fourth-order valence-electron chi connectivity index (χ4n) is 1.88. The molecule has 0 saturated heterocycles. The summed E-state index contributed by atoms with van der Waals surface area (Å²) in [5, 5.41) is 4.35. The Morgan fingerprint density at radius 3 is 2.19 bits per heavy atom. The summed E-state index contributed by atoms with van der Waals surface area (Å²) in [6, 6.07) is 15.2. The topological polar surface area (TPSA) is 46.4 Å².